The maximum Gasteiger partial charge on any atom is 0.518 e. The molecule has 0 amide bonds. The average Bonchev–Trinajstić information content (AvgIpc) is 2.57. The van der Waals surface area contributed by atoms with E-state index in [1.54, 1.807) is 19.2 Å². The zero-order valence-corrected chi connectivity index (χ0v) is 11.9. The van der Waals surface area contributed by atoms with E-state index < -0.39 is 18.3 Å². The smallest absolute Gasteiger partial charge is 0.496 e. The Balaban J connectivity index is 2.40. The zero-order chi connectivity index (χ0) is 14.3. The molecule has 0 radical (unpaired) electrons. The molecule has 0 saturated carbocycles. The van der Waals surface area contributed by atoms with E-state index in [1.165, 1.54) is 0 Å². The molecule has 19 heavy (non-hydrogen) atoms. The lowest BCUT2D eigenvalue weighted by atomic mass is 9.83. The summed E-state index contributed by atoms with van der Waals surface area (Å²) in [6.45, 7) is 7.85. The molecule has 0 aliphatic carbocycles. The second kappa shape index (κ2) is 4.61. The number of aldehydes is 1. The number of carbonyl (C=O) groups excluding carboxylic acids is 1. The van der Waals surface area contributed by atoms with E-state index in [-0.39, 0.29) is 0 Å². The Labute approximate surface area is 113 Å². The number of pyridine rings is 1. The van der Waals surface area contributed by atoms with Gasteiger partial charge in [-0.2, -0.15) is 0 Å². The van der Waals surface area contributed by atoms with E-state index in [2.05, 4.69) is 4.98 Å². The van der Waals surface area contributed by atoms with Crippen molar-refractivity contribution >= 4 is 19.0 Å². The van der Waals surface area contributed by atoms with Crippen LogP contribution < -0.4 is 10.3 Å². The first-order valence-corrected chi connectivity index (χ1v) is 6.16. The van der Waals surface area contributed by atoms with E-state index in [0.717, 1.165) is 0 Å². The van der Waals surface area contributed by atoms with Crippen LogP contribution in [0, 0.1) is 0 Å². The Morgan fingerprint density at radius 3 is 2.26 bits per heavy atom. The monoisotopic (exact) mass is 263 g/mol. The number of rotatable bonds is 3. The Hall–Kier alpha value is -1.40. The van der Waals surface area contributed by atoms with Gasteiger partial charge in [-0.15, -0.1) is 0 Å². The van der Waals surface area contributed by atoms with Crippen LogP contribution in [0.1, 0.15) is 38.2 Å². The summed E-state index contributed by atoms with van der Waals surface area (Å²) in [6, 6.07) is 3.29. The number of methoxy groups -OCH3 is 1. The first kappa shape index (κ1) is 14.0. The molecule has 6 heteroatoms. The SMILES string of the molecule is COc1ccc(C=O)nc1B1OC(C)(C)C(C)(C)O1. The van der Waals surface area contributed by atoms with Gasteiger partial charge < -0.3 is 14.0 Å². The number of carbonyl (C=O) groups is 1. The highest BCUT2D eigenvalue weighted by Crippen LogP contribution is 2.36. The highest BCUT2D eigenvalue weighted by atomic mass is 16.7. The molecule has 0 spiro atoms. The molecule has 1 aliphatic rings. The maximum atomic E-state index is 10.8. The summed E-state index contributed by atoms with van der Waals surface area (Å²) in [4.78, 5) is 15.1. The lowest BCUT2D eigenvalue weighted by Gasteiger charge is -2.32. The van der Waals surface area contributed by atoms with Crippen LogP contribution >= 0.6 is 0 Å². The quantitative estimate of drug-likeness (QED) is 0.605. The Kier molecular flexibility index (Phi) is 3.41. The van der Waals surface area contributed by atoms with Crippen molar-refractivity contribution < 1.29 is 18.8 Å². The molecule has 1 aliphatic heterocycles. The van der Waals surface area contributed by atoms with E-state index in [9.17, 15) is 4.79 Å². The second-order valence-corrected chi connectivity index (χ2v) is 5.53. The van der Waals surface area contributed by atoms with Gasteiger partial charge in [0.25, 0.3) is 0 Å². The molecule has 0 aromatic carbocycles. The standard InChI is InChI=1S/C13H18BNO4/c1-12(2)13(3,4)19-14(18-12)11-10(17-5)7-6-9(8-16)15-11/h6-8H,1-5H3. The molecule has 0 unspecified atom stereocenters. The predicted molar refractivity (Wildman–Crippen MR) is 71.9 cm³/mol. The molecule has 2 rings (SSSR count). The summed E-state index contributed by atoms with van der Waals surface area (Å²) in [5.41, 5.74) is -0.0976. The van der Waals surface area contributed by atoms with Crippen LogP contribution in [-0.2, 0) is 9.31 Å². The molecular formula is C13H18BNO4. The molecule has 2 heterocycles. The molecule has 1 aromatic rings. The second-order valence-electron chi connectivity index (χ2n) is 5.53. The number of ether oxygens (including phenoxy) is 1. The highest BCUT2D eigenvalue weighted by Gasteiger charge is 2.53. The Bertz CT molecular complexity index is 485. The fourth-order valence-electron chi connectivity index (χ4n) is 1.84. The van der Waals surface area contributed by atoms with Crippen LogP contribution in [0.4, 0.5) is 0 Å². The summed E-state index contributed by atoms with van der Waals surface area (Å²) in [5, 5.41) is 0. The summed E-state index contributed by atoms with van der Waals surface area (Å²) in [5.74, 6) is 0.545. The fourth-order valence-corrected chi connectivity index (χ4v) is 1.84. The van der Waals surface area contributed by atoms with Gasteiger partial charge in [-0.05, 0) is 39.8 Å². The highest BCUT2D eigenvalue weighted by molar-refractivity contribution is 6.62. The minimum absolute atomic E-state index is 0.325. The van der Waals surface area contributed by atoms with Crippen LogP contribution in [0.5, 0.6) is 5.75 Å². The van der Waals surface area contributed by atoms with Gasteiger partial charge in [0, 0.05) is 0 Å². The average molecular weight is 263 g/mol. The van der Waals surface area contributed by atoms with Crippen LogP contribution in [0.15, 0.2) is 12.1 Å². The summed E-state index contributed by atoms with van der Waals surface area (Å²) in [6.07, 6.45) is 0.689. The number of hydrogen-bond donors (Lipinski definition) is 0. The van der Waals surface area contributed by atoms with Gasteiger partial charge in [-0.1, -0.05) is 0 Å². The van der Waals surface area contributed by atoms with Gasteiger partial charge in [0.15, 0.2) is 6.29 Å². The molecular weight excluding hydrogens is 245 g/mol. The van der Waals surface area contributed by atoms with Crippen LogP contribution in [0.2, 0.25) is 0 Å². The minimum Gasteiger partial charge on any atom is -0.496 e. The molecule has 102 valence electrons. The molecule has 1 fully saturated rings. The largest absolute Gasteiger partial charge is 0.518 e. The first-order valence-electron chi connectivity index (χ1n) is 6.16. The van der Waals surface area contributed by atoms with E-state index in [0.29, 0.717) is 23.3 Å². The van der Waals surface area contributed by atoms with E-state index in [1.807, 2.05) is 27.7 Å². The van der Waals surface area contributed by atoms with Gasteiger partial charge in [0.05, 0.1) is 18.3 Å². The zero-order valence-electron chi connectivity index (χ0n) is 11.9. The molecule has 0 bridgehead atoms. The lowest BCUT2D eigenvalue weighted by Crippen LogP contribution is -2.41. The number of hydrogen-bond acceptors (Lipinski definition) is 5. The van der Waals surface area contributed by atoms with Crippen molar-refractivity contribution in [2.75, 3.05) is 7.11 Å². The fraction of sp³-hybridized carbons (Fsp3) is 0.538. The van der Waals surface area contributed by atoms with Gasteiger partial charge in [0.1, 0.15) is 17.0 Å². The summed E-state index contributed by atoms with van der Waals surface area (Å²) in [7, 11) is 0.909. The van der Waals surface area contributed by atoms with Crippen LogP contribution in [0.3, 0.4) is 0 Å². The van der Waals surface area contributed by atoms with E-state index in [4.69, 9.17) is 14.0 Å². The molecule has 0 N–H and O–H groups in total. The van der Waals surface area contributed by atoms with Gasteiger partial charge in [-0.3, -0.25) is 9.78 Å². The van der Waals surface area contributed by atoms with Crippen molar-refractivity contribution in [3.05, 3.63) is 17.8 Å². The van der Waals surface area contributed by atoms with E-state index >= 15 is 0 Å². The van der Waals surface area contributed by atoms with Crippen molar-refractivity contribution in [2.45, 2.75) is 38.9 Å². The minimum atomic E-state index is -0.639. The van der Waals surface area contributed by atoms with Crippen molar-refractivity contribution in [1.29, 1.82) is 0 Å². The van der Waals surface area contributed by atoms with Crippen molar-refractivity contribution in [3.63, 3.8) is 0 Å². The molecule has 1 saturated heterocycles. The third-order valence-corrected chi connectivity index (χ3v) is 3.72. The topological polar surface area (TPSA) is 57.7 Å². The summed E-state index contributed by atoms with van der Waals surface area (Å²) >= 11 is 0. The maximum absolute atomic E-state index is 10.8. The van der Waals surface area contributed by atoms with Crippen LogP contribution in [0.25, 0.3) is 0 Å². The van der Waals surface area contributed by atoms with Crippen molar-refractivity contribution in [2.24, 2.45) is 0 Å². The van der Waals surface area contributed by atoms with Gasteiger partial charge >= 0.3 is 7.12 Å². The Morgan fingerprint density at radius 2 is 1.79 bits per heavy atom. The third kappa shape index (κ3) is 2.38. The Morgan fingerprint density at radius 1 is 1.21 bits per heavy atom. The molecule has 0 atom stereocenters. The molecule has 5 nitrogen and oxygen atoms in total. The molecule has 1 aromatic heterocycles. The van der Waals surface area contributed by atoms with Crippen molar-refractivity contribution in [3.8, 4) is 5.75 Å². The number of aromatic nitrogens is 1. The lowest BCUT2D eigenvalue weighted by molar-refractivity contribution is 0.00578. The van der Waals surface area contributed by atoms with Crippen LogP contribution in [-0.4, -0.2) is 36.7 Å². The van der Waals surface area contributed by atoms with Crippen molar-refractivity contribution in [1.82, 2.24) is 4.98 Å². The van der Waals surface area contributed by atoms with Gasteiger partial charge in [-0.25, -0.2) is 0 Å². The number of nitrogens with zero attached hydrogens (tertiary/aromatic N) is 1. The third-order valence-electron chi connectivity index (χ3n) is 3.72. The predicted octanol–water partition coefficient (Wildman–Crippen LogP) is 1.20. The van der Waals surface area contributed by atoms with Gasteiger partial charge in [0.2, 0.25) is 0 Å². The normalized spacial score (nSPS) is 20.4. The first-order chi connectivity index (χ1) is 8.80. The summed E-state index contributed by atoms with van der Waals surface area (Å²) < 4.78 is 17.1.